The number of halogens is 1. The number of aryl methyl sites for hydroxylation is 1. The first kappa shape index (κ1) is 10.6. The van der Waals surface area contributed by atoms with E-state index in [9.17, 15) is 4.39 Å². The highest BCUT2D eigenvalue weighted by Crippen LogP contribution is 2.25. The number of hydrogen-bond donors (Lipinski definition) is 0. The number of fused-ring (bicyclic) bond motifs is 1. The molecule has 0 spiro atoms. The molecule has 1 aromatic carbocycles. The van der Waals surface area contributed by atoms with Gasteiger partial charge in [-0.1, -0.05) is 12.6 Å². The topological polar surface area (TPSA) is 17.3 Å². The van der Waals surface area contributed by atoms with E-state index >= 15 is 0 Å². The van der Waals surface area contributed by atoms with Gasteiger partial charge in [-0.2, -0.15) is 0 Å². The summed E-state index contributed by atoms with van der Waals surface area (Å²) in [7, 11) is 1.88. The smallest absolute Gasteiger partial charge is 0.132 e. The van der Waals surface area contributed by atoms with Crippen molar-refractivity contribution < 1.29 is 4.39 Å². The van der Waals surface area contributed by atoms with E-state index in [-0.39, 0.29) is 5.82 Å². The quantitative estimate of drug-likeness (QED) is 0.685. The normalized spacial score (nSPS) is 11.4. The number of rotatable bonds is 2. The minimum Gasteiger partial charge on any atom is -0.342 e. The molecule has 0 radical (unpaired) electrons. The summed E-state index contributed by atoms with van der Waals surface area (Å²) in [5.74, 6) is -0.215. The van der Waals surface area contributed by atoms with Crippen LogP contribution >= 0.6 is 0 Å². The number of nitrogens with zero attached hydrogens (tertiary/aromatic N) is 2. The summed E-state index contributed by atoms with van der Waals surface area (Å²) in [6.45, 7) is 5.69. The summed E-state index contributed by atoms with van der Waals surface area (Å²) in [5.41, 5.74) is 2.32. The lowest BCUT2D eigenvalue weighted by Crippen LogP contribution is -1.93. The third-order valence-corrected chi connectivity index (χ3v) is 2.61. The van der Waals surface area contributed by atoms with Crippen LogP contribution in [0.4, 0.5) is 4.39 Å². The van der Waals surface area contributed by atoms with Gasteiger partial charge in [0.15, 0.2) is 0 Å². The van der Waals surface area contributed by atoms with E-state index in [1.54, 1.807) is 18.3 Å². The van der Waals surface area contributed by atoms with Crippen LogP contribution in [0, 0.1) is 5.82 Å². The summed E-state index contributed by atoms with van der Waals surface area (Å²) in [6.07, 6.45) is 1.68. The number of aromatic nitrogens is 1. The van der Waals surface area contributed by atoms with Crippen LogP contribution in [0.2, 0.25) is 0 Å². The van der Waals surface area contributed by atoms with Gasteiger partial charge in [0.25, 0.3) is 0 Å². The summed E-state index contributed by atoms with van der Waals surface area (Å²) < 4.78 is 15.4. The zero-order valence-corrected chi connectivity index (χ0v) is 9.37. The largest absolute Gasteiger partial charge is 0.342 e. The van der Waals surface area contributed by atoms with Gasteiger partial charge in [0.2, 0.25) is 0 Å². The fraction of sp³-hybridized carbons (Fsp3) is 0.154. The van der Waals surface area contributed by atoms with Crippen LogP contribution in [0.25, 0.3) is 16.6 Å². The molecule has 1 aromatic heterocycles. The Morgan fingerprint density at radius 2 is 2.25 bits per heavy atom. The first-order valence-corrected chi connectivity index (χ1v) is 5.07. The second kappa shape index (κ2) is 3.93. The van der Waals surface area contributed by atoms with Crippen LogP contribution in [-0.4, -0.2) is 10.8 Å². The molecule has 0 aliphatic heterocycles. The molecular weight excluding hydrogens is 203 g/mol. The van der Waals surface area contributed by atoms with E-state index in [1.807, 2.05) is 24.6 Å². The van der Waals surface area contributed by atoms with Crippen molar-refractivity contribution in [3.05, 3.63) is 42.4 Å². The molecule has 0 aliphatic carbocycles. The van der Waals surface area contributed by atoms with Crippen LogP contribution in [0.15, 0.2) is 35.8 Å². The third kappa shape index (κ3) is 1.54. The van der Waals surface area contributed by atoms with Crippen LogP contribution in [-0.2, 0) is 7.05 Å². The third-order valence-electron chi connectivity index (χ3n) is 2.61. The highest BCUT2D eigenvalue weighted by Gasteiger charge is 2.10. The summed E-state index contributed by atoms with van der Waals surface area (Å²) >= 11 is 0. The van der Waals surface area contributed by atoms with Crippen molar-refractivity contribution in [3.63, 3.8) is 0 Å². The zero-order chi connectivity index (χ0) is 11.7. The average Bonchev–Trinajstić information content (AvgIpc) is 2.59. The minimum atomic E-state index is -0.215. The Kier molecular flexibility index (Phi) is 2.60. The lowest BCUT2D eigenvalue weighted by Gasteiger charge is -2.02. The lowest BCUT2D eigenvalue weighted by atomic mass is 10.2. The van der Waals surface area contributed by atoms with Gasteiger partial charge in [-0.25, -0.2) is 4.39 Å². The summed E-state index contributed by atoms with van der Waals surface area (Å²) in [6, 6.07) is 6.82. The van der Waals surface area contributed by atoms with E-state index in [4.69, 9.17) is 0 Å². The van der Waals surface area contributed by atoms with Crippen molar-refractivity contribution in [2.75, 3.05) is 0 Å². The van der Waals surface area contributed by atoms with Gasteiger partial charge in [0.1, 0.15) is 5.82 Å². The van der Waals surface area contributed by atoms with E-state index < -0.39 is 0 Å². The molecular formula is C13H13FN2. The molecule has 0 fully saturated rings. The molecule has 0 bridgehead atoms. The van der Waals surface area contributed by atoms with Gasteiger partial charge < -0.3 is 4.57 Å². The first-order chi connectivity index (χ1) is 7.65. The molecule has 0 N–H and O–H groups in total. The van der Waals surface area contributed by atoms with Crippen molar-refractivity contribution in [2.24, 2.45) is 12.0 Å². The molecule has 0 unspecified atom stereocenters. The predicted octanol–water partition coefficient (Wildman–Crippen LogP) is 3.38. The second-order valence-electron chi connectivity index (χ2n) is 3.60. The van der Waals surface area contributed by atoms with Crippen LogP contribution < -0.4 is 0 Å². The van der Waals surface area contributed by atoms with Crippen molar-refractivity contribution >= 4 is 22.8 Å². The maximum atomic E-state index is 13.5. The van der Waals surface area contributed by atoms with Crippen molar-refractivity contribution in [1.29, 1.82) is 0 Å². The lowest BCUT2D eigenvalue weighted by molar-refractivity contribution is 0.640. The van der Waals surface area contributed by atoms with E-state index in [0.29, 0.717) is 11.1 Å². The Morgan fingerprint density at radius 1 is 1.50 bits per heavy atom. The predicted molar refractivity (Wildman–Crippen MR) is 66.1 cm³/mol. The van der Waals surface area contributed by atoms with Gasteiger partial charge in [-0.3, -0.25) is 4.99 Å². The van der Waals surface area contributed by atoms with Gasteiger partial charge in [0.05, 0.1) is 16.9 Å². The second-order valence-corrected chi connectivity index (χ2v) is 3.60. The van der Waals surface area contributed by atoms with Crippen molar-refractivity contribution in [3.8, 4) is 0 Å². The van der Waals surface area contributed by atoms with Crippen LogP contribution in [0.3, 0.4) is 0 Å². The fourth-order valence-electron chi connectivity index (χ4n) is 1.82. The van der Waals surface area contributed by atoms with E-state index in [1.165, 1.54) is 6.07 Å². The standard InChI is InChI=1S/C13H13FN2/c1-4-15-9(2)13-8-10-11(14)6-5-7-12(10)16(13)3/h4-8H,2H2,1,3H3. The van der Waals surface area contributed by atoms with Crippen molar-refractivity contribution in [1.82, 2.24) is 4.57 Å². The number of aliphatic imine (C=N–C) groups is 1. The zero-order valence-electron chi connectivity index (χ0n) is 9.37. The summed E-state index contributed by atoms with van der Waals surface area (Å²) in [4.78, 5) is 4.12. The van der Waals surface area contributed by atoms with Gasteiger partial charge in [-0.05, 0) is 25.1 Å². The molecule has 2 rings (SSSR count). The average molecular weight is 216 g/mol. The Morgan fingerprint density at radius 3 is 2.88 bits per heavy atom. The molecule has 0 saturated heterocycles. The van der Waals surface area contributed by atoms with Gasteiger partial charge in [0, 0.05) is 18.6 Å². The van der Waals surface area contributed by atoms with Gasteiger partial charge >= 0.3 is 0 Å². The maximum absolute atomic E-state index is 13.5. The SMILES string of the molecule is C=C(N=CC)c1cc2c(F)cccc2n1C. The molecule has 2 aromatic rings. The Labute approximate surface area is 93.7 Å². The molecule has 16 heavy (non-hydrogen) atoms. The molecule has 2 nitrogen and oxygen atoms in total. The molecule has 0 aliphatic rings. The van der Waals surface area contributed by atoms with Crippen molar-refractivity contribution in [2.45, 2.75) is 6.92 Å². The molecule has 0 saturated carbocycles. The fourth-order valence-corrected chi connectivity index (χ4v) is 1.82. The molecule has 3 heteroatoms. The molecule has 0 atom stereocenters. The molecule has 82 valence electrons. The Hall–Kier alpha value is -1.90. The van der Waals surface area contributed by atoms with Gasteiger partial charge in [-0.15, -0.1) is 0 Å². The maximum Gasteiger partial charge on any atom is 0.132 e. The Bertz CT molecular complexity index is 579. The molecule has 1 heterocycles. The summed E-state index contributed by atoms with van der Waals surface area (Å²) in [5, 5.41) is 0.604. The monoisotopic (exact) mass is 216 g/mol. The highest BCUT2D eigenvalue weighted by molar-refractivity contribution is 5.86. The van der Waals surface area contributed by atoms with Crippen LogP contribution in [0.5, 0.6) is 0 Å². The highest BCUT2D eigenvalue weighted by atomic mass is 19.1. The minimum absolute atomic E-state index is 0.215. The number of benzene rings is 1. The van der Waals surface area contributed by atoms with Crippen LogP contribution in [0.1, 0.15) is 12.6 Å². The van der Waals surface area contributed by atoms with E-state index in [2.05, 4.69) is 11.6 Å². The first-order valence-electron chi connectivity index (χ1n) is 5.07. The molecule has 0 amide bonds. The number of hydrogen-bond acceptors (Lipinski definition) is 1. The Balaban J connectivity index is 2.69. The van der Waals surface area contributed by atoms with E-state index in [0.717, 1.165) is 11.2 Å².